The van der Waals surface area contributed by atoms with E-state index in [0.717, 1.165) is 9.80 Å². The molecule has 0 radical (unpaired) electrons. The number of aliphatic hydroxyl groups is 3. The van der Waals surface area contributed by atoms with Crippen LogP contribution >= 0.6 is 11.8 Å². The molecule has 10 N–H and O–H groups in total. The number of carbonyl (C=O) groups excluding carboxylic acids is 9. The Hall–Kier alpha value is -5.11. The van der Waals surface area contributed by atoms with Gasteiger partial charge in [-0.05, 0) is 44.1 Å². The van der Waals surface area contributed by atoms with E-state index in [1.54, 1.807) is 6.26 Å². The summed E-state index contributed by atoms with van der Waals surface area (Å²) in [5, 5.41) is 49.9. The topological polar surface area (TPSA) is 342 Å². The summed E-state index contributed by atoms with van der Waals surface area (Å²) < 4.78 is 0. The van der Waals surface area contributed by atoms with Crippen molar-refractivity contribution < 1.29 is 68.4 Å². The number of nitrogens with one attached hydrogen (secondary N) is 4. The van der Waals surface area contributed by atoms with Gasteiger partial charge in [-0.3, -0.25) is 47.9 Å². The zero-order chi connectivity index (χ0) is 46.1. The molecule has 5 aliphatic rings. The molecule has 63 heavy (non-hydrogen) atoms. The zero-order valence-electron chi connectivity index (χ0n) is 35.0. The maximum atomic E-state index is 13.7. The van der Waals surface area contributed by atoms with Crippen LogP contribution in [0.3, 0.4) is 0 Å². The van der Waals surface area contributed by atoms with Crippen LogP contribution in [0.2, 0.25) is 0 Å². The van der Waals surface area contributed by atoms with Crippen LogP contribution in [0.25, 0.3) is 0 Å². The van der Waals surface area contributed by atoms with Crippen molar-refractivity contribution in [3.05, 3.63) is 0 Å². The summed E-state index contributed by atoms with van der Waals surface area (Å²) in [4.78, 5) is 136. The van der Waals surface area contributed by atoms with Gasteiger partial charge >= 0.3 is 5.97 Å². The number of hydrogen-bond donors (Lipinski definition) is 9. The average Bonchev–Trinajstić information content (AvgIpc) is 4.12. The first-order valence-corrected chi connectivity index (χ1v) is 22.4. The largest absolute Gasteiger partial charge is 0.480 e. The minimum absolute atomic E-state index is 0.0117. The molecular weight excluding hydrogens is 853 g/mol. The van der Waals surface area contributed by atoms with Gasteiger partial charge in [-0.2, -0.15) is 11.8 Å². The number of rotatable bonds is 17. The first-order valence-electron chi connectivity index (χ1n) is 21.0. The third-order valence-corrected chi connectivity index (χ3v) is 12.7. The van der Waals surface area contributed by atoms with Crippen LogP contribution in [0.1, 0.15) is 51.4 Å². The number of nitrogens with zero attached hydrogens (tertiary/aromatic N) is 5. The fraction of sp³-hybridized carbons (Fsp3) is 0.737. The highest BCUT2D eigenvalue weighted by molar-refractivity contribution is 7.98. The number of amides is 9. The molecule has 5 heterocycles. The number of aliphatic carboxylic acids is 1. The second-order valence-corrected chi connectivity index (χ2v) is 17.3. The van der Waals surface area contributed by atoms with Crippen LogP contribution in [0, 0.1) is 0 Å². The summed E-state index contributed by atoms with van der Waals surface area (Å²) in [6.45, 7) is -2.36. The molecule has 0 aromatic heterocycles. The number of carbonyl (C=O) groups is 10. The van der Waals surface area contributed by atoms with E-state index in [2.05, 4.69) is 21.3 Å². The molecule has 350 valence electrons. The molecule has 0 unspecified atom stereocenters. The van der Waals surface area contributed by atoms with Gasteiger partial charge in [0.15, 0.2) is 0 Å². The fourth-order valence-corrected chi connectivity index (χ4v) is 9.39. The molecule has 0 aliphatic carbocycles. The van der Waals surface area contributed by atoms with E-state index in [1.165, 1.54) is 26.5 Å². The number of β-amino-alcohol motifs (C(OH)–C–C–N with tert-alkyl or cyclic N) is 3. The number of nitrogens with two attached hydrogens (primary N) is 1. The Morgan fingerprint density at radius 2 is 1.05 bits per heavy atom. The molecule has 5 fully saturated rings. The van der Waals surface area contributed by atoms with Crippen molar-refractivity contribution in [3.63, 3.8) is 0 Å². The highest BCUT2D eigenvalue weighted by Crippen LogP contribution is 2.27. The maximum Gasteiger partial charge on any atom is 0.322 e. The summed E-state index contributed by atoms with van der Waals surface area (Å²) in [5.74, 6) is -6.79. The highest BCUT2D eigenvalue weighted by Gasteiger charge is 2.47. The van der Waals surface area contributed by atoms with Gasteiger partial charge in [0, 0.05) is 52.0 Å². The molecule has 5 rings (SSSR count). The second-order valence-electron chi connectivity index (χ2n) is 16.3. The maximum absolute atomic E-state index is 13.7. The van der Waals surface area contributed by atoms with Crippen LogP contribution < -0.4 is 27.0 Å². The van der Waals surface area contributed by atoms with Crippen LogP contribution in [-0.2, 0) is 47.9 Å². The van der Waals surface area contributed by atoms with Gasteiger partial charge in [0.2, 0.25) is 53.2 Å². The zero-order valence-corrected chi connectivity index (χ0v) is 35.8. The number of aliphatic hydroxyl groups excluding tert-OH is 3. The smallest absolute Gasteiger partial charge is 0.322 e. The van der Waals surface area contributed by atoms with Gasteiger partial charge in [-0.25, -0.2) is 0 Å². The van der Waals surface area contributed by atoms with Crippen molar-refractivity contribution in [2.45, 2.75) is 106 Å². The van der Waals surface area contributed by atoms with Crippen LogP contribution in [0.4, 0.5) is 0 Å². The minimum atomic E-state index is -1.26. The normalized spacial score (nSPS) is 27.3. The highest BCUT2D eigenvalue weighted by atomic mass is 32.2. The molecule has 5 saturated heterocycles. The molecule has 24 nitrogen and oxygen atoms in total. The molecule has 0 bridgehead atoms. The molecule has 0 aromatic rings. The second kappa shape index (κ2) is 22.0. The molecule has 25 heteroatoms. The Balaban J connectivity index is 1.15. The molecule has 9 atom stereocenters. The average molecular weight is 911 g/mol. The number of likely N-dealkylation sites (tertiary alicyclic amines) is 5. The van der Waals surface area contributed by atoms with E-state index in [4.69, 9.17) is 10.8 Å². The number of carboxylic acid groups (broad SMARTS) is 1. The Labute approximate surface area is 366 Å². The van der Waals surface area contributed by atoms with E-state index >= 15 is 0 Å². The van der Waals surface area contributed by atoms with Crippen molar-refractivity contribution in [2.24, 2.45) is 5.73 Å². The first kappa shape index (κ1) is 48.9. The lowest BCUT2D eigenvalue weighted by atomic mass is 10.1. The molecule has 9 amide bonds. The Bertz CT molecular complexity index is 1790. The van der Waals surface area contributed by atoms with Crippen molar-refractivity contribution in [3.8, 4) is 0 Å². The number of thioether (sulfide) groups is 1. The Kier molecular flexibility index (Phi) is 17.1. The van der Waals surface area contributed by atoms with E-state index in [9.17, 15) is 63.3 Å². The summed E-state index contributed by atoms with van der Waals surface area (Å²) in [5.41, 5.74) is 5.49. The fourth-order valence-electron chi connectivity index (χ4n) is 8.91. The monoisotopic (exact) mass is 910 g/mol. The SMILES string of the molecule is CSCC[C@H](NC(=O)[C@@H]1C[C@@H](O)CN1C(=O)CNC(=O)[C@@H]1CCCN1C(=O)[C@@H]1C[C@@H](O)CN1C(=O)CN)C(=O)NCC(=O)N1C[C@H](O)C[C@H]1C(=O)N1CCC[C@H]1C(=O)NCC(=O)O. The lowest BCUT2D eigenvalue weighted by Gasteiger charge is -2.31. The predicted molar refractivity (Wildman–Crippen MR) is 218 cm³/mol. The standard InChI is InChI=1S/C38H58N10O14S/c1-63-9-6-23(33(57)40-14-31(54)48-19-22(51)12-28(48)38(62)45-8-3-5-25(45)35(59)42-16-32(55)56)43-36(60)26-10-20(49)17-46(26)30(53)15-41-34(58)24-4-2-7-44(24)37(61)27-11-21(50)18-47(27)29(52)13-39/h20-28,49-51H,2-19,39H2,1H3,(H,40,57)(H,41,58)(H,42,59)(H,43,60)(H,55,56)/t20-,21-,22-,23+,24+,25+,26+,27+,28+/m1/s1. The van der Waals surface area contributed by atoms with Crippen LogP contribution in [0.5, 0.6) is 0 Å². The quantitative estimate of drug-likeness (QED) is 0.0655. The minimum Gasteiger partial charge on any atom is -0.480 e. The molecule has 0 saturated carbocycles. The number of carboxylic acids is 1. The number of hydrogen-bond acceptors (Lipinski definition) is 15. The van der Waals surface area contributed by atoms with E-state index in [1.807, 2.05) is 0 Å². The van der Waals surface area contributed by atoms with Gasteiger partial charge in [-0.15, -0.1) is 0 Å². The third kappa shape index (κ3) is 11.9. The Morgan fingerprint density at radius 3 is 1.52 bits per heavy atom. The van der Waals surface area contributed by atoms with Crippen molar-refractivity contribution in [1.82, 2.24) is 45.8 Å². The van der Waals surface area contributed by atoms with Crippen LogP contribution in [0.15, 0.2) is 0 Å². The molecule has 0 spiro atoms. The van der Waals surface area contributed by atoms with Crippen molar-refractivity contribution in [2.75, 3.05) is 70.9 Å². The molecule has 0 aromatic carbocycles. The first-order chi connectivity index (χ1) is 29.9. The molecule has 5 aliphatic heterocycles. The Morgan fingerprint density at radius 1 is 0.603 bits per heavy atom. The van der Waals surface area contributed by atoms with E-state index in [0.29, 0.717) is 18.6 Å². The van der Waals surface area contributed by atoms with Gasteiger partial charge in [0.05, 0.1) is 37.9 Å². The third-order valence-electron chi connectivity index (χ3n) is 12.0. The van der Waals surface area contributed by atoms with Gasteiger partial charge in [-0.1, -0.05) is 0 Å². The summed E-state index contributed by atoms with van der Waals surface area (Å²) in [6.07, 6.45) is -0.0715. The summed E-state index contributed by atoms with van der Waals surface area (Å²) >= 11 is 1.37. The van der Waals surface area contributed by atoms with E-state index < -0.39 is 133 Å². The van der Waals surface area contributed by atoms with Crippen LogP contribution in [-0.4, -0.2) is 230 Å². The lowest BCUT2D eigenvalue weighted by molar-refractivity contribution is -0.147. The lowest BCUT2D eigenvalue weighted by Crippen LogP contribution is -2.56. The van der Waals surface area contributed by atoms with Crippen molar-refractivity contribution >= 4 is 70.9 Å². The van der Waals surface area contributed by atoms with Gasteiger partial charge in [0.25, 0.3) is 0 Å². The molecular formula is C38H58N10O14S. The van der Waals surface area contributed by atoms with E-state index in [-0.39, 0.29) is 77.8 Å². The van der Waals surface area contributed by atoms with Crippen molar-refractivity contribution in [1.29, 1.82) is 0 Å². The van der Waals surface area contributed by atoms with Gasteiger partial charge in [0.1, 0.15) is 42.8 Å². The predicted octanol–water partition coefficient (Wildman–Crippen LogP) is -6.52. The summed E-state index contributed by atoms with van der Waals surface area (Å²) in [7, 11) is 0. The van der Waals surface area contributed by atoms with Gasteiger partial charge < -0.3 is 71.9 Å². The summed E-state index contributed by atoms with van der Waals surface area (Å²) in [6, 6.07) is -6.51.